The molecule has 1 rings (SSSR count). The van der Waals surface area contributed by atoms with E-state index in [-0.39, 0.29) is 0 Å². The molecule has 0 aromatic carbocycles. The Hall–Kier alpha value is -2.40. The quantitative estimate of drug-likeness (QED) is 0.449. The Morgan fingerprint density at radius 1 is 1.38 bits per heavy atom. The van der Waals surface area contributed by atoms with Crippen LogP contribution in [0.25, 0.3) is 12.2 Å². The number of ether oxygens (including phenoxy) is 1. The van der Waals surface area contributed by atoms with Gasteiger partial charge in [-0.25, -0.2) is 0 Å². The minimum Gasteiger partial charge on any atom is -0.482 e. The molecule has 0 saturated heterocycles. The van der Waals surface area contributed by atoms with Crippen LogP contribution in [0, 0.1) is 0 Å². The maximum atomic E-state index is 5.89. The molecule has 0 atom stereocenters. The van der Waals surface area contributed by atoms with Crippen molar-refractivity contribution in [3.8, 4) is 0 Å². The topological polar surface area (TPSA) is 86.5 Å². The van der Waals surface area contributed by atoms with Crippen LogP contribution >= 0.6 is 0 Å². The van der Waals surface area contributed by atoms with Crippen LogP contribution in [0.2, 0.25) is 0 Å². The lowest BCUT2D eigenvalue weighted by Gasteiger charge is -2.06. The lowest BCUT2D eigenvalue weighted by molar-refractivity contribution is 0.285. The number of allylic oxidation sites excluding steroid dienone is 3. The molecule has 0 amide bonds. The summed E-state index contributed by atoms with van der Waals surface area (Å²) < 4.78 is 5.12. The van der Waals surface area contributed by atoms with Crippen LogP contribution in [-0.4, -0.2) is 25.4 Å². The maximum absolute atomic E-state index is 5.89. The Labute approximate surface area is 144 Å². The predicted octanol–water partition coefficient (Wildman–Crippen LogP) is 1.36. The zero-order chi connectivity index (χ0) is 17.9. The Kier molecular flexibility index (Phi) is 8.50. The number of nitrogens with zero attached hydrogens (tertiary/aromatic N) is 2. The molecule has 0 saturated carbocycles. The van der Waals surface area contributed by atoms with E-state index in [2.05, 4.69) is 23.0 Å². The van der Waals surface area contributed by atoms with Gasteiger partial charge in [0.15, 0.2) is 5.88 Å². The summed E-state index contributed by atoms with van der Waals surface area (Å²) >= 11 is 0. The number of rotatable bonds is 7. The third kappa shape index (κ3) is 5.66. The minimum atomic E-state index is 0.345. The van der Waals surface area contributed by atoms with Crippen molar-refractivity contribution in [3.63, 3.8) is 0 Å². The maximum Gasteiger partial charge on any atom is 0.193 e. The van der Waals surface area contributed by atoms with Gasteiger partial charge in [0.05, 0.1) is 18.4 Å². The molecule has 1 aromatic rings. The average Bonchev–Trinajstić information content (AvgIpc) is 2.61. The fourth-order valence-electron chi connectivity index (χ4n) is 2.16. The molecule has 1 heterocycles. The molecule has 1 aromatic heterocycles. The van der Waals surface area contributed by atoms with Crippen LogP contribution < -0.4 is 21.9 Å². The normalized spacial score (nSPS) is 15.1. The fourth-order valence-corrected chi connectivity index (χ4v) is 2.16. The summed E-state index contributed by atoms with van der Waals surface area (Å²) in [5, 5.41) is 2.19. The van der Waals surface area contributed by atoms with Gasteiger partial charge in [0, 0.05) is 26.0 Å². The van der Waals surface area contributed by atoms with Crippen molar-refractivity contribution in [2.24, 2.45) is 16.5 Å². The van der Waals surface area contributed by atoms with Crippen LogP contribution in [0.3, 0.4) is 0 Å². The highest BCUT2D eigenvalue weighted by Crippen LogP contribution is 2.10. The van der Waals surface area contributed by atoms with Crippen LogP contribution in [-0.2, 0) is 11.3 Å². The molecule has 24 heavy (non-hydrogen) atoms. The Bertz CT molecular complexity index is 745. The molecule has 130 valence electrons. The van der Waals surface area contributed by atoms with Gasteiger partial charge < -0.3 is 16.2 Å². The van der Waals surface area contributed by atoms with Crippen molar-refractivity contribution in [2.45, 2.75) is 33.2 Å². The van der Waals surface area contributed by atoms with E-state index >= 15 is 0 Å². The van der Waals surface area contributed by atoms with Crippen molar-refractivity contribution in [2.75, 3.05) is 14.2 Å². The van der Waals surface area contributed by atoms with Gasteiger partial charge in [-0.05, 0) is 35.4 Å². The largest absolute Gasteiger partial charge is 0.482 e. The highest BCUT2D eigenvalue weighted by molar-refractivity contribution is 5.85. The van der Waals surface area contributed by atoms with E-state index in [9.17, 15) is 0 Å². The highest BCUT2D eigenvalue weighted by atomic mass is 16.5. The van der Waals surface area contributed by atoms with Crippen molar-refractivity contribution in [1.82, 2.24) is 4.98 Å². The van der Waals surface area contributed by atoms with E-state index in [1.807, 2.05) is 31.3 Å². The second kappa shape index (κ2) is 10.4. The third-order valence-electron chi connectivity index (χ3n) is 3.57. The molecule has 5 heteroatoms. The Morgan fingerprint density at radius 2 is 2.12 bits per heavy atom. The molecule has 0 aliphatic carbocycles. The first kappa shape index (κ1) is 19.6. The predicted molar refractivity (Wildman–Crippen MR) is 102 cm³/mol. The van der Waals surface area contributed by atoms with Crippen molar-refractivity contribution in [1.29, 1.82) is 0 Å². The van der Waals surface area contributed by atoms with Gasteiger partial charge in [0.25, 0.3) is 0 Å². The first-order valence-electron chi connectivity index (χ1n) is 8.07. The monoisotopic (exact) mass is 328 g/mol. The zero-order valence-corrected chi connectivity index (χ0v) is 15.0. The minimum absolute atomic E-state index is 0.345. The Morgan fingerprint density at radius 3 is 2.71 bits per heavy atom. The fraction of sp³-hybridized carbons (Fsp3) is 0.368. The number of unbranched alkanes of at least 4 members (excludes halogenated alkanes) is 1. The SMILES string of the molecule is CCC\C=c1/cc(CN)nc/c1=C/C=C(C)/C(C=NC)=C(/N)OC. The van der Waals surface area contributed by atoms with E-state index in [1.165, 1.54) is 0 Å². The molecule has 0 aliphatic rings. The van der Waals surface area contributed by atoms with Gasteiger partial charge in [-0.3, -0.25) is 9.98 Å². The molecule has 4 N–H and O–H groups in total. The lowest BCUT2D eigenvalue weighted by atomic mass is 10.1. The van der Waals surface area contributed by atoms with E-state index in [0.717, 1.165) is 40.1 Å². The van der Waals surface area contributed by atoms with Gasteiger partial charge >= 0.3 is 0 Å². The first-order valence-corrected chi connectivity index (χ1v) is 8.07. The molecule has 0 radical (unpaired) electrons. The number of hydrogen-bond acceptors (Lipinski definition) is 5. The molecule has 0 bridgehead atoms. The molecule has 5 nitrogen and oxygen atoms in total. The van der Waals surface area contributed by atoms with E-state index in [1.54, 1.807) is 20.4 Å². The lowest BCUT2D eigenvalue weighted by Crippen LogP contribution is -2.26. The standard InChI is InChI=1S/C19H28N4O/c1-5-6-7-15-10-17(11-20)23-12-16(15)9-8-14(2)18(13-22-3)19(21)24-4/h7-10,12-13H,5-6,11,20-21H2,1-4H3/b14-8+,15-7+,16-9-,19-18-,22-13?. The molecular weight excluding hydrogens is 300 g/mol. The molecule has 0 fully saturated rings. The smallest absolute Gasteiger partial charge is 0.193 e. The second-order valence-electron chi connectivity index (χ2n) is 5.39. The third-order valence-corrected chi connectivity index (χ3v) is 3.57. The van der Waals surface area contributed by atoms with Gasteiger partial charge in [-0.1, -0.05) is 31.6 Å². The zero-order valence-electron chi connectivity index (χ0n) is 15.0. The highest BCUT2D eigenvalue weighted by Gasteiger charge is 2.03. The summed E-state index contributed by atoms with van der Waals surface area (Å²) in [6, 6.07) is 2.04. The number of pyridine rings is 1. The second-order valence-corrected chi connectivity index (χ2v) is 5.39. The number of aliphatic imine (C=N–C) groups is 1. The van der Waals surface area contributed by atoms with Crippen LogP contribution in [0.15, 0.2) is 40.4 Å². The first-order chi connectivity index (χ1) is 11.6. The van der Waals surface area contributed by atoms with E-state index in [0.29, 0.717) is 12.4 Å². The number of hydrogen-bond donors (Lipinski definition) is 2. The molecule has 0 unspecified atom stereocenters. The Balaban J connectivity index is 3.39. The van der Waals surface area contributed by atoms with Gasteiger partial charge in [0.1, 0.15) is 0 Å². The van der Waals surface area contributed by atoms with E-state index in [4.69, 9.17) is 16.2 Å². The number of nitrogens with two attached hydrogens (primary N) is 2. The van der Waals surface area contributed by atoms with E-state index < -0.39 is 0 Å². The summed E-state index contributed by atoms with van der Waals surface area (Å²) in [5.41, 5.74) is 14.2. The average molecular weight is 328 g/mol. The summed E-state index contributed by atoms with van der Waals surface area (Å²) in [5.74, 6) is 0.345. The molecule has 0 spiro atoms. The van der Waals surface area contributed by atoms with Crippen LogP contribution in [0.1, 0.15) is 32.4 Å². The summed E-state index contributed by atoms with van der Waals surface area (Å²) in [4.78, 5) is 8.41. The van der Waals surface area contributed by atoms with Gasteiger partial charge in [0.2, 0.25) is 0 Å². The number of methoxy groups -OCH3 is 1. The molecular formula is C19H28N4O. The summed E-state index contributed by atoms with van der Waals surface area (Å²) in [6.07, 6.45) is 11.9. The van der Waals surface area contributed by atoms with Crippen LogP contribution in [0.5, 0.6) is 0 Å². The summed E-state index contributed by atoms with van der Waals surface area (Å²) in [6.45, 7) is 4.56. The van der Waals surface area contributed by atoms with Gasteiger partial charge in [-0.2, -0.15) is 0 Å². The number of aromatic nitrogens is 1. The van der Waals surface area contributed by atoms with Crippen LogP contribution in [0.4, 0.5) is 0 Å². The van der Waals surface area contributed by atoms with Gasteiger partial charge in [-0.15, -0.1) is 0 Å². The summed E-state index contributed by atoms with van der Waals surface area (Å²) in [7, 11) is 3.25. The van der Waals surface area contributed by atoms with Crippen molar-refractivity contribution >= 4 is 18.4 Å². The molecule has 0 aliphatic heterocycles. The van der Waals surface area contributed by atoms with Crippen molar-refractivity contribution in [3.05, 3.63) is 51.5 Å². The van der Waals surface area contributed by atoms with Crippen molar-refractivity contribution < 1.29 is 4.74 Å².